The first-order valence-corrected chi connectivity index (χ1v) is 9.17. The van der Waals surface area contributed by atoms with Crippen molar-refractivity contribution in [2.75, 3.05) is 20.1 Å². The molecule has 0 saturated carbocycles. The molecule has 3 rings (SSSR count). The molecule has 1 saturated heterocycles. The van der Waals surface area contributed by atoms with Gasteiger partial charge in [0.15, 0.2) is 0 Å². The summed E-state index contributed by atoms with van der Waals surface area (Å²) in [5.74, 6) is 0.682. The van der Waals surface area contributed by atoms with Crippen LogP contribution in [0.2, 0.25) is 10.0 Å². The van der Waals surface area contributed by atoms with E-state index in [0.717, 1.165) is 19.4 Å². The highest BCUT2D eigenvalue weighted by Gasteiger charge is 2.27. The first-order chi connectivity index (χ1) is 12.0. The fraction of sp³-hybridized carbons (Fsp3) is 0.471. The second-order valence-electron chi connectivity index (χ2n) is 6.07. The van der Waals surface area contributed by atoms with Gasteiger partial charge < -0.3 is 10.2 Å². The van der Waals surface area contributed by atoms with E-state index in [4.69, 9.17) is 23.2 Å². The lowest BCUT2D eigenvalue weighted by atomic mass is 10.1. The lowest BCUT2D eigenvalue weighted by Gasteiger charge is -2.31. The van der Waals surface area contributed by atoms with Gasteiger partial charge in [-0.2, -0.15) is 0 Å². The molecule has 1 aliphatic rings. The van der Waals surface area contributed by atoms with Crippen molar-refractivity contribution >= 4 is 29.1 Å². The zero-order chi connectivity index (χ0) is 18.0. The Morgan fingerprint density at radius 1 is 1.36 bits per heavy atom. The largest absolute Gasteiger partial charge is 0.334 e. The Morgan fingerprint density at radius 3 is 2.72 bits per heavy atom. The highest BCUT2D eigenvalue weighted by molar-refractivity contribution is 6.37. The number of nitrogens with one attached hydrogen (secondary N) is 1. The molecule has 25 heavy (non-hydrogen) atoms. The number of nitrogens with zero attached hydrogens (tertiary/aromatic N) is 4. The Balaban J connectivity index is 1.94. The van der Waals surface area contributed by atoms with Gasteiger partial charge in [-0.3, -0.25) is 4.79 Å². The van der Waals surface area contributed by atoms with Crippen LogP contribution in [0.4, 0.5) is 0 Å². The summed E-state index contributed by atoms with van der Waals surface area (Å²) < 4.78 is 1.58. The molecule has 134 valence electrons. The van der Waals surface area contributed by atoms with Crippen molar-refractivity contribution in [3.63, 3.8) is 0 Å². The van der Waals surface area contributed by atoms with E-state index < -0.39 is 0 Å². The average Bonchev–Trinajstić information content (AvgIpc) is 3.05. The molecule has 2 aromatic rings. The Bertz CT molecular complexity index is 756. The second-order valence-corrected chi connectivity index (χ2v) is 6.88. The second kappa shape index (κ2) is 7.72. The predicted octanol–water partition coefficient (Wildman–Crippen LogP) is 2.96. The molecule has 0 aliphatic carbocycles. The number of likely N-dealkylation sites (tertiary alicyclic amines) is 1. The maximum absolute atomic E-state index is 12.8. The van der Waals surface area contributed by atoms with Crippen LogP contribution in [0.5, 0.6) is 0 Å². The molecule has 1 amide bonds. The van der Waals surface area contributed by atoms with Crippen LogP contribution >= 0.6 is 23.2 Å². The number of hydrogen-bond acceptors (Lipinski definition) is 4. The summed E-state index contributed by atoms with van der Waals surface area (Å²) >= 11 is 12.6. The lowest BCUT2D eigenvalue weighted by Crippen LogP contribution is -2.47. The van der Waals surface area contributed by atoms with E-state index in [0.29, 0.717) is 40.6 Å². The van der Waals surface area contributed by atoms with Gasteiger partial charge in [-0.1, -0.05) is 36.2 Å². The molecule has 1 fully saturated rings. The zero-order valence-electron chi connectivity index (χ0n) is 14.3. The van der Waals surface area contributed by atoms with Crippen LogP contribution in [0, 0.1) is 0 Å². The molecule has 1 N–H and O–H groups in total. The van der Waals surface area contributed by atoms with E-state index in [9.17, 15) is 4.79 Å². The average molecular weight is 382 g/mol. The number of rotatable bonds is 4. The quantitative estimate of drug-likeness (QED) is 0.883. The molecule has 1 aromatic heterocycles. The van der Waals surface area contributed by atoms with Gasteiger partial charge in [-0.25, -0.2) is 9.67 Å². The number of halogens is 2. The zero-order valence-corrected chi connectivity index (χ0v) is 15.8. The number of piperidine rings is 1. The molecule has 1 atom stereocenters. The van der Waals surface area contributed by atoms with Gasteiger partial charge in [-0.15, -0.1) is 5.10 Å². The Kier molecular flexibility index (Phi) is 5.61. The van der Waals surface area contributed by atoms with Crippen LogP contribution < -0.4 is 5.32 Å². The Labute approximate surface area is 157 Å². The highest BCUT2D eigenvalue weighted by atomic mass is 35.5. The number of aromatic nitrogens is 3. The van der Waals surface area contributed by atoms with Crippen LogP contribution in [-0.4, -0.2) is 51.8 Å². The SMILES string of the molecule is CCc1nc(C(=O)N2CCCC(NC)C2)nn1-c1c(Cl)cccc1Cl. The van der Waals surface area contributed by atoms with E-state index in [-0.39, 0.29) is 11.7 Å². The summed E-state index contributed by atoms with van der Waals surface area (Å²) in [6.45, 7) is 3.34. The van der Waals surface area contributed by atoms with Gasteiger partial charge in [0.05, 0.1) is 10.0 Å². The van der Waals surface area contributed by atoms with Crippen molar-refractivity contribution in [3.8, 4) is 5.69 Å². The minimum Gasteiger partial charge on any atom is -0.334 e. The number of likely N-dealkylation sites (N-methyl/N-ethyl adjacent to an activating group) is 1. The van der Waals surface area contributed by atoms with E-state index in [1.165, 1.54) is 0 Å². The Hall–Kier alpha value is -1.63. The standard InChI is InChI=1S/C17H21Cl2N5O/c1-3-14-21-16(17(25)23-9-5-6-11(10-23)20-2)22-24(14)15-12(18)7-4-8-13(15)19/h4,7-8,11,20H,3,5-6,9-10H2,1-2H3. The summed E-state index contributed by atoms with van der Waals surface area (Å²) in [4.78, 5) is 19.1. The van der Waals surface area contributed by atoms with E-state index in [2.05, 4.69) is 15.4 Å². The number of benzene rings is 1. The third-order valence-electron chi connectivity index (χ3n) is 4.45. The molecule has 1 unspecified atom stereocenters. The highest BCUT2D eigenvalue weighted by Crippen LogP contribution is 2.29. The fourth-order valence-electron chi connectivity index (χ4n) is 3.07. The van der Waals surface area contributed by atoms with E-state index in [1.54, 1.807) is 27.8 Å². The summed E-state index contributed by atoms with van der Waals surface area (Å²) in [5, 5.41) is 8.60. The van der Waals surface area contributed by atoms with Crippen LogP contribution in [0.15, 0.2) is 18.2 Å². The minimum atomic E-state index is -0.156. The monoisotopic (exact) mass is 381 g/mol. The summed E-state index contributed by atoms with van der Waals surface area (Å²) in [6, 6.07) is 5.57. The van der Waals surface area contributed by atoms with Crippen molar-refractivity contribution in [3.05, 3.63) is 39.9 Å². The maximum atomic E-state index is 12.8. The summed E-state index contributed by atoms with van der Waals surface area (Å²) in [5.41, 5.74) is 0.556. The minimum absolute atomic E-state index is 0.156. The molecule has 6 nitrogen and oxygen atoms in total. The molecule has 0 radical (unpaired) electrons. The smallest absolute Gasteiger partial charge is 0.293 e. The lowest BCUT2D eigenvalue weighted by molar-refractivity contribution is 0.0686. The third kappa shape index (κ3) is 3.66. The molecule has 2 heterocycles. The van der Waals surface area contributed by atoms with Crippen molar-refractivity contribution in [1.82, 2.24) is 25.0 Å². The van der Waals surface area contributed by atoms with Crippen molar-refractivity contribution < 1.29 is 4.79 Å². The number of amides is 1. The van der Waals surface area contributed by atoms with Crippen LogP contribution in [0.3, 0.4) is 0 Å². The number of para-hydroxylation sites is 1. The fourth-order valence-corrected chi connectivity index (χ4v) is 3.63. The normalized spacial score (nSPS) is 17.8. The van der Waals surface area contributed by atoms with Gasteiger partial charge >= 0.3 is 0 Å². The molecule has 0 spiro atoms. The summed E-state index contributed by atoms with van der Waals surface area (Å²) in [7, 11) is 1.92. The maximum Gasteiger partial charge on any atom is 0.293 e. The van der Waals surface area contributed by atoms with Gasteiger partial charge in [-0.05, 0) is 32.0 Å². The topological polar surface area (TPSA) is 63.1 Å². The first-order valence-electron chi connectivity index (χ1n) is 8.42. The molecule has 0 bridgehead atoms. The number of carbonyl (C=O) groups excluding carboxylic acids is 1. The third-order valence-corrected chi connectivity index (χ3v) is 5.06. The van der Waals surface area contributed by atoms with E-state index >= 15 is 0 Å². The number of carbonyl (C=O) groups is 1. The van der Waals surface area contributed by atoms with Crippen LogP contribution in [-0.2, 0) is 6.42 Å². The molecule has 1 aromatic carbocycles. The van der Waals surface area contributed by atoms with Crippen molar-refractivity contribution in [2.45, 2.75) is 32.2 Å². The van der Waals surface area contributed by atoms with Gasteiger partial charge in [0.1, 0.15) is 11.5 Å². The molecule has 8 heteroatoms. The van der Waals surface area contributed by atoms with Crippen molar-refractivity contribution in [2.24, 2.45) is 0 Å². The van der Waals surface area contributed by atoms with E-state index in [1.807, 2.05) is 14.0 Å². The van der Waals surface area contributed by atoms with Crippen LogP contribution in [0.1, 0.15) is 36.2 Å². The Morgan fingerprint density at radius 2 is 2.08 bits per heavy atom. The molecular weight excluding hydrogens is 361 g/mol. The number of hydrogen-bond donors (Lipinski definition) is 1. The molecular formula is C17H21Cl2N5O. The predicted molar refractivity (Wildman–Crippen MR) is 98.7 cm³/mol. The number of aryl methyl sites for hydroxylation is 1. The molecule has 1 aliphatic heterocycles. The van der Waals surface area contributed by atoms with Gasteiger partial charge in [0, 0.05) is 25.6 Å². The van der Waals surface area contributed by atoms with Crippen LogP contribution in [0.25, 0.3) is 5.69 Å². The van der Waals surface area contributed by atoms with Crippen molar-refractivity contribution in [1.29, 1.82) is 0 Å². The summed E-state index contributed by atoms with van der Waals surface area (Å²) in [6.07, 6.45) is 2.65. The van der Waals surface area contributed by atoms with Gasteiger partial charge in [0.25, 0.3) is 5.91 Å². The van der Waals surface area contributed by atoms with Gasteiger partial charge in [0.2, 0.25) is 5.82 Å². The first kappa shape index (κ1) is 18.2.